The Morgan fingerprint density at radius 3 is 1.75 bits per heavy atom. The predicted octanol–water partition coefficient (Wildman–Crippen LogP) is -2.42. The van der Waals surface area contributed by atoms with Gasteiger partial charge in [0.25, 0.3) is 0 Å². The summed E-state index contributed by atoms with van der Waals surface area (Å²) in [7, 11) is 0. The van der Waals surface area contributed by atoms with Crippen molar-refractivity contribution in [3.05, 3.63) is 6.58 Å². The molecule has 0 amide bonds. The first-order chi connectivity index (χ1) is 1.41. The number of thiocarbonyl (C=S) groups is 1. The van der Waals surface area contributed by atoms with Gasteiger partial charge in [0.05, 0.1) is 0 Å². The van der Waals surface area contributed by atoms with Crippen molar-refractivity contribution in [3.63, 3.8) is 0 Å². The van der Waals surface area contributed by atoms with E-state index >= 15 is 0 Å². The fourth-order valence-electron chi connectivity index (χ4n) is 0. The fourth-order valence-corrected chi connectivity index (χ4v) is 0. The van der Waals surface area contributed by atoms with E-state index in [2.05, 4.69) is 18.8 Å². The van der Waals surface area contributed by atoms with Crippen LogP contribution in [0.15, 0.2) is 0 Å². The maximum Gasteiger partial charge on any atom is 1.00 e. The van der Waals surface area contributed by atoms with E-state index in [1.165, 1.54) is 0 Å². The molecule has 0 aromatic rings. The smallest absolute Gasteiger partial charge is 0.453 e. The molecule has 0 aliphatic rings. The zero-order valence-corrected chi connectivity index (χ0v) is 3.30. The molecule has 0 bridgehead atoms. The summed E-state index contributed by atoms with van der Waals surface area (Å²) in [5.41, 5.74) is 0. The summed E-state index contributed by atoms with van der Waals surface area (Å²) in [6, 6.07) is 0. The fraction of sp³-hybridized carbons (Fsp3) is 0. The predicted molar refractivity (Wildman–Crippen MR) is 16.9 cm³/mol. The molecule has 2 heteroatoms. The molecule has 0 N–H and O–H groups in total. The van der Waals surface area contributed by atoms with Crippen LogP contribution in [0, 0.1) is 6.58 Å². The van der Waals surface area contributed by atoms with Crippen molar-refractivity contribution in [1.29, 1.82) is 0 Å². The van der Waals surface area contributed by atoms with Crippen molar-refractivity contribution in [2.75, 3.05) is 0 Å². The SMILES string of the molecule is [CH-]=C=S.[Li+]. The Morgan fingerprint density at radius 1 is 1.75 bits per heavy atom. The maximum atomic E-state index is 4.41. The van der Waals surface area contributed by atoms with Crippen LogP contribution in [-0.4, -0.2) is 5.02 Å². The standard InChI is InChI=1S/C2HS.Li/c1-2-3;/h1H;/q-1;+1. The first-order valence-electron chi connectivity index (χ1n) is 0.493. The number of hydrogen-bond acceptors (Lipinski definition) is 1. The van der Waals surface area contributed by atoms with Gasteiger partial charge in [0, 0.05) is 0 Å². The first kappa shape index (κ1) is 8.82. The van der Waals surface area contributed by atoms with E-state index in [4.69, 9.17) is 0 Å². The molecule has 0 saturated heterocycles. The molecule has 0 nitrogen and oxygen atoms in total. The molecule has 0 saturated carbocycles. The third kappa shape index (κ3) is 24.3. The van der Waals surface area contributed by atoms with Gasteiger partial charge in [-0.2, -0.15) is 0 Å². The van der Waals surface area contributed by atoms with Gasteiger partial charge in [-0.25, -0.2) is 0 Å². The molecule has 0 unspecified atom stereocenters. The van der Waals surface area contributed by atoms with Crippen LogP contribution in [-0.2, 0) is 0 Å². The van der Waals surface area contributed by atoms with E-state index < -0.39 is 0 Å². The summed E-state index contributed by atoms with van der Waals surface area (Å²) in [5.74, 6) is 0. The average Bonchev–Trinajstić information content (AvgIpc) is 0.918. The molecular formula is C2HLiS. The molecule has 0 aliphatic carbocycles. The minimum atomic E-state index is 0. The number of hydrogen-bond donors (Lipinski definition) is 0. The van der Waals surface area contributed by atoms with Crippen LogP contribution in [0.2, 0.25) is 0 Å². The van der Waals surface area contributed by atoms with Gasteiger partial charge < -0.3 is 6.58 Å². The van der Waals surface area contributed by atoms with E-state index in [1.54, 1.807) is 0 Å². The molecule has 0 radical (unpaired) electrons. The summed E-state index contributed by atoms with van der Waals surface area (Å²) in [6.45, 7) is 4.41. The van der Waals surface area contributed by atoms with Crippen LogP contribution in [0.1, 0.15) is 0 Å². The second kappa shape index (κ2) is 9.80. The van der Waals surface area contributed by atoms with Crippen molar-refractivity contribution in [2.24, 2.45) is 0 Å². The van der Waals surface area contributed by atoms with Crippen LogP contribution in [0.25, 0.3) is 0 Å². The molecular weight excluding hydrogens is 63.0 g/mol. The zero-order chi connectivity index (χ0) is 2.71. The van der Waals surface area contributed by atoms with Crippen molar-refractivity contribution in [3.8, 4) is 0 Å². The second-order valence-corrected chi connectivity index (χ2v) is 0.354. The van der Waals surface area contributed by atoms with Crippen LogP contribution in [0.5, 0.6) is 0 Å². The minimum Gasteiger partial charge on any atom is -0.453 e. The van der Waals surface area contributed by atoms with Gasteiger partial charge in [-0.15, -0.1) is 0 Å². The van der Waals surface area contributed by atoms with E-state index in [9.17, 15) is 0 Å². The zero-order valence-electron chi connectivity index (χ0n) is 2.49. The van der Waals surface area contributed by atoms with Crippen LogP contribution >= 0.6 is 12.2 Å². The molecule has 0 heterocycles. The molecule has 4 heavy (non-hydrogen) atoms. The maximum absolute atomic E-state index is 4.41. The van der Waals surface area contributed by atoms with E-state index in [1.807, 2.05) is 5.02 Å². The monoisotopic (exact) mass is 64.0 g/mol. The van der Waals surface area contributed by atoms with Gasteiger partial charge in [-0.1, -0.05) is 12.2 Å². The first-order valence-corrected chi connectivity index (χ1v) is 0.901. The van der Waals surface area contributed by atoms with Crippen LogP contribution in [0.4, 0.5) is 0 Å². The van der Waals surface area contributed by atoms with Crippen LogP contribution < -0.4 is 18.9 Å². The Labute approximate surface area is 43.1 Å². The molecule has 0 rings (SSSR count). The molecule has 0 atom stereocenters. The van der Waals surface area contributed by atoms with Crippen molar-refractivity contribution >= 4 is 17.2 Å². The molecule has 0 spiro atoms. The largest absolute Gasteiger partial charge is 1.00 e. The minimum absolute atomic E-state index is 0. The number of rotatable bonds is 0. The second-order valence-electron chi connectivity index (χ2n) is 0.118. The normalized spacial score (nSPS) is 2.00. The summed E-state index contributed by atoms with van der Waals surface area (Å²) in [4.78, 5) is 0. The van der Waals surface area contributed by atoms with Crippen molar-refractivity contribution in [2.45, 2.75) is 0 Å². The quantitative estimate of drug-likeness (QED) is 0.171. The molecule has 0 aromatic carbocycles. The van der Waals surface area contributed by atoms with Crippen molar-refractivity contribution in [1.82, 2.24) is 0 Å². The Bertz CT molecular complexity index is 27.0. The average molecular weight is 64.0 g/mol. The van der Waals surface area contributed by atoms with Gasteiger partial charge in [0.1, 0.15) is 0 Å². The Hall–Kier alpha value is 0.467. The van der Waals surface area contributed by atoms with E-state index in [0.29, 0.717) is 0 Å². The topological polar surface area (TPSA) is 0 Å². The molecule has 0 fully saturated rings. The molecule has 0 aromatic heterocycles. The van der Waals surface area contributed by atoms with E-state index in [0.717, 1.165) is 0 Å². The third-order valence-electron chi connectivity index (χ3n) is 0. The Kier molecular flexibility index (Phi) is 21.6. The molecule has 16 valence electrons. The van der Waals surface area contributed by atoms with E-state index in [-0.39, 0.29) is 18.9 Å². The van der Waals surface area contributed by atoms with Gasteiger partial charge in [-0.05, 0) is 0 Å². The summed E-state index contributed by atoms with van der Waals surface area (Å²) in [5, 5.41) is 1.83. The van der Waals surface area contributed by atoms with Gasteiger partial charge in [0.15, 0.2) is 0 Å². The third-order valence-corrected chi connectivity index (χ3v) is 0. The molecule has 0 aliphatic heterocycles. The van der Waals surface area contributed by atoms with Gasteiger partial charge >= 0.3 is 18.9 Å². The van der Waals surface area contributed by atoms with Crippen LogP contribution in [0.3, 0.4) is 0 Å². The summed E-state index contributed by atoms with van der Waals surface area (Å²) < 4.78 is 0. The Morgan fingerprint density at radius 2 is 1.75 bits per heavy atom. The van der Waals surface area contributed by atoms with Gasteiger partial charge in [-0.3, -0.25) is 5.02 Å². The summed E-state index contributed by atoms with van der Waals surface area (Å²) >= 11 is 3.92. The van der Waals surface area contributed by atoms with Crippen molar-refractivity contribution < 1.29 is 18.9 Å². The van der Waals surface area contributed by atoms with Gasteiger partial charge in [0.2, 0.25) is 0 Å². The summed E-state index contributed by atoms with van der Waals surface area (Å²) in [6.07, 6.45) is 0. The Balaban J connectivity index is 0.